The highest BCUT2D eigenvalue weighted by Gasteiger charge is 2.54. The van der Waals surface area contributed by atoms with Crippen molar-refractivity contribution in [2.75, 3.05) is 0 Å². The molecule has 1 heterocycles. The Balaban J connectivity index is 3.20. The molecule has 0 aromatic carbocycles. The summed E-state index contributed by atoms with van der Waals surface area (Å²) in [6, 6.07) is 0. The Morgan fingerprint density at radius 1 is 1.07 bits per heavy atom. The summed E-state index contributed by atoms with van der Waals surface area (Å²) in [6.45, 7) is 13.1. The van der Waals surface area contributed by atoms with Crippen LogP contribution in [0.4, 0.5) is 0 Å². The van der Waals surface area contributed by atoms with Gasteiger partial charge < -0.3 is 0 Å². The topological polar surface area (TPSA) is 48.6 Å². The molecule has 1 aliphatic heterocycles. The predicted molar refractivity (Wildman–Crippen MR) is 58.8 cm³/mol. The molecule has 3 heteroatoms. The maximum Gasteiger partial charge on any atom is 0.145 e. The summed E-state index contributed by atoms with van der Waals surface area (Å²) in [5.74, 6) is 0.412. The van der Waals surface area contributed by atoms with Gasteiger partial charge in [0, 0.05) is 6.42 Å². The van der Waals surface area contributed by atoms with Crippen LogP contribution in [0.1, 0.15) is 48.0 Å². The van der Waals surface area contributed by atoms with E-state index < -0.39 is 0 Å². The fraction of sp³-hybridized carbons (Fsp3) is 0.909. The van der Waals surface area contributed by atoms with Crippen LogP contribution in [0.25, 0.3) is 0 Å². The van der Waals surface area contributed by atoms with Gasteiger partial charge in [0.15, 0.2) is 0 Å². The first-order chi connectivity index (χ1) is 6.10. The van der Waals surface area contributed by atoms with Crippen molar-refractivity contribution in [3.05, 3.63) is 0 Å². The Bertz CT molecular complexity index is 262. The number of azo groups is 1. The van der Waals surface area contributed by atoms with E-state index in [2.05, 4.69) is 51.8 Å². The van der Waals surface area contributed by atoms with Gasteiger partial charge in [-0.1, -0.05) is 41.5 Å². The molecule has 1 N–H and O–H groups in total. The van der Waals surface area contributed by atoms with Gasteiger partial charge in [0.25, 0.3) is 0 Å². The maximum absolute atomic E-state index is 7.60. The van der Waals surface area contributed by atoms with Crippen LogP contribution in [-0.2, 0) is 0 Å². The third kappa shape index (κ3) is 1.49. The summed E-state index contributed by atoms with van der Waals surface area (Å²) in [4.78, 5) is 0. The third-order valence-electron chi connectivity index (χ3n) is 3.25. The summed E-state index contributed by atoms with van der Waals surface area (Å²) in [6.07, 6.45) is 0.667. The van der Waals surface area contributed by atoms with Crippen LogP contribution >= 0.6 is 0 Å². The predicted octanol–water partition coefficient (Wildman–Crippen LogP) is 3.65. The lowest BCUT2D eigenvalue weighted by Gasteiger charge is -2.47. The molecule has 0 bridgehead atoms. The summed E-state index contributed by atoms with van der Waals surface area (Å²) < 4.78 is 0. The zero-order valence-electron chi connectivity index (χ0n) is 10.1. The molecule has 0 aliphatic carbocycles. The first kappa shape index (κ1) is 11.3. The Kier molecular flexibility index (Phi) is 2.33. The first-order valence-electron chi connectivity index (χ1n) is 5.10. The lowest BCUT2D eigenvalue weighted by Crippen LogP contribution is -2.50. The molecule has 14 heavy (non-hydrogen) atoms. The van der Waals surface area contributed by atoms with E-state index in [1.807, 2.05) is 0 Å². The largest absolute Gasteiger partial charge is 0.285 e. The number of nitrogens with one attached hydrogen (secondary N) is 1. The molecule has 0 saturated carbocycles. The van der Waals surface area contributed by atoms with Crippen molar-refractivity contribution < 1.29 is 0 Å². The van der Waals surface area contributed by atoms with Crippen LogP contribution in [-0.4, -0.2) is 11.4 Å². The molecule has 1 rings (SSSR count). The van der Waals surface area contributed by atoms with Gasteiger partial charge >= 0.3 is 0 Å². The van der Waals surface area contributed by atoms with Crippen molar-refractivity contribution in [1.29, 1.82) is 5.41 Å². The van der Waals surface area contributed by atoms with Crippen LogP contribution in [0.15, 0.2) is 10.2 Å². The minimum atomic E-state index is -0.225. The first-order valence-corrected chi connectivity index (χ1v) is 5.10. The van der Waals surface area contributed by atoms with E-state index in [-0.39, 0.29) is 16.4 Å². The van der Waals surface area contributed by atoms with Crippen molar-refractivity contribution in [3.63, 3.8) is 0 Å². The van der Waals surface area contributed by atoms with Crippen LogP contribution in [0, 0.1) is 16.2 Å². The van der Waals surface area contributed by atoms with E-state index in [1.165, 1.54) is 0 Å². The number of amidine groups is 1. The van der Waals surface area contributed by atoms with Crippen molar-refractivity contribution >= 4 is 5.84 Å². The summed E-state index contributed by atoms with van der Waals surface area (Å²) in [5, 5.41) is 15.9. The number of nitrogens with zero attached hydrogens (tertiary/aromatic N) is 2. The van der Waals surface area contributed by atoms with Crippen LogP contribution in [0.3, 0.4) is 0 Å². The maximum atomic E-state index is 7.60. The Morgan fingerprint density at radius 3 is 1.64 bits per heavy atom. The Hall–Kier alpha value is -0.730. The number of hydrogen-bond acceptors (Lipinski definition) is 2. The minimum absolute atomic E-state index is 0.0392. The zero-order valence-corrected chi connectivity index (χ0v) is 10.1. The van der Waals surface area contributed by atoms with Gasteiger partial charge in [-0.15, -0.1) is 5.11 Å². The highest BCUT2D eigenvalue weighted by atomic mass is 15.2. The summed E-state index contributed by atoms with van der Waals surface area (Å²) in [5.41, 5.74) is -0.147. The summed E-state index contributed by atoms with van der Waals surface area (Å²) >= 11 is 0. The van der Waals surface area contributed by atoms with E-state index in [4.69, 9.17) is 5.41 Å². The van der Waals surface area contributed by atoms with Gasteiger partial charge in [0.05, 0.1) is 5.54 Å². The van der Waals surface area contributed by atoms with E-state index >= 15 is 0 Å². The summed E-state index contributed by atoms with van der Waals surface area (Å²) in [7, 11) is 0. The van der Waals surface area contributed by atoms with Gasteiger partial charge in [-0.25, -0.2) is 0 Å². The molecule has 0 spiro atoms. The van der Waals surface area contributed by atoms with Gasteiger partial charge in [-0.2, -0.15) is 5.11 Å². The van der Waals surface area contributed by atoms with Crippen molar-refractivity contribution in [2.45, 2.75) is 53.5 Å². The molecule has 3 nitrogen and oxygen atoms in total. The Labute approximate surface area is 86.5 Å². The molecular weight excluding hydrogens is 174 g/mol. The van der Waals surface area contributed by atoms with Crippen LogP contribution in [0.5, 0.6) is 0 Å². The van der Waals surface area contributed by atoms with Crippen molar-refractivity contribution in [2.24, 2.45) is 21.1 Å². The third-order valence-corrected chi connectivity index (χ3v) is 3.25. The molecule has 80 valence electrons. The lowest BCUT2D eigenvalue weighted by atomic mass is 9.59. The highest BCUT2D eigenvalue weighted by molar-refractivity contribution is 5.82. The molecular formula is C11H21N3. The van der Waals surface area contributed by atoms with Crippen molar-refractivity contribution in [3.8, 4) is 0 Å². The van der Waals surface area contributed by atoms with E-state index in [1.54, 1.807) is 0 Å². The molecule has 0 unspecified atom stereocenters. The molecule has 1 aliphatic rings. The molecule has 0 saturated heterocycles. The standard InChI is InChI=1S/C11H21N3/c1-9(2,3)11(10(4,5)6)7-8(12)13-14-11/h12H,7H2,1-6H3. The monoisotopic (exact) mass is 195 g/mol. The van der Waals surface area contributed by atoms with Gasteiger partial charge in [0.1, 0.15) is 5.84 Å². The van der Waals surface area contributed by atoms with Crippen molar-refractivity contribution in [1.82, 2.24) is 0 Å². The molecule has 0 radical (unpaired) electrons. The molecule has 0 aromatic rings. The molecule has 0 amide bonds. The smallest absolute Gasteiger partial charge is 0.145 e. The molecule has 0 fully saturated rings. The zero-order chi connectivity index (χ0) is 11.2. The SMILES string of the molecule is CC(C)(C)C1(C(C)(C)C)CC(=N)N=N1. The quantitative estimate of drug-likeness (QED) is 0.613. The fourth-order valence-corrected chi connectivity index (χ4v) is 2.41. The average Bonchev–Trinajstić information content (AvgIpc) is 2.28. The van der Waals surface area contributed by atoms with Crippen LogP contribution < -0.4 is 0 Å². The van der Waals surface area contributed by atoms with Gasteiger partial charge in [-0.05, 0) is 10.8 Å². The lowest BCUT2D eigenvalue weighted by molar-refractivity contribution is 0.0701. The molecule has 0 aromatic heterocycles. The fourth-order valence-electron chi connectivity index (χ4n) is 2.41. The highest BCUT2D eigenvalue weighted by Crippen LogP contribution is 2.51. The Morgan fingerprint density at radius 2 is 1.50 bits per heavy atom. The van der Waals surface area contributed by atoms with E-state index in [9.17, 15) is 0 Å². The van der Waals surface area contributed by atoms with Gasteiger partial charge in [-0.3, -0.25) is 5.41 Å². The average molecular weight is 195 g/mol. The number of hydrogen-bond donors (Lipinski definition) is 1. The molecule has 0 atom stereocenters. The van der Waals surface area contributed by atoms with E-state index in [0.29, 0.717) is 12.3 Å². The second-order valence-corrected chi connectivity index (χ2v) is 6.18. The van der Waals surface area contributed by atoms with Gasteiger partial charge in [0.2, 0.25) is 0 Å². The van der Waals surface area contributed by atoms with Crippen LogP contribution in [0.2, 0.25) is 0 Å². The number of rotatable bonds is 0. The minimum Gasteiger partial charge on any atom is -0.285 e. The second-order valence-electron chi connectivity index (χ2n) is 6.18. The second kappa shape index (κ2) is 2.88. The normalized spacial score (nSPS) is 21.7. The van der Waals surface area contributed by atoms with E-state index in [0.717, 1.165) is 0 Å².